The van der Waals surface area contributed by atoms with Gasteiger partial charge in [-0.05, 0) is 42.7 Å². The zero-order valence-corrected chi connectivity index (χ0v) is 15.7. The predicted molar refractivity (Wildman–Crippen MR) is 106 cm³/mol. The molecule has 0 fully saturated rings. The molecule has 26 heavy (non-hydrogen) atoms. The summed E-state index contributed by atoms with van der Waals surface area (Å²) in [6.45, 7) is 2.14. The van der Waals surface area contributed by atoms with Crippen LogP contribution in [0.3, 0.4) is 0 Å². The van der Waals surface area contributed by atoms with E-state index in [9.17, 15) is 9.59 Å². The molecule has 0 saturated carbocycles. The normalized spacial score (nSPS) is 10.3. The van der Waals surface area contributed by atoms with E-state index < -0.39 is 0 Å². The van der Waals surface area contributed by atoms with Gasteiger partial charge in [-0.2, -0.15) is 0 Å². The lowest BCUT2D eigenvalue weighted by Gasteiger charge is -2.20. The summed E-state index contributed by atoms with van der Waals surface area (Å²) < 4.78 is 0. The summed E-state index contributed by atoms with van der Waals surface area (Å²) in [6.07, 6.45) is 1.71. The lowest BCUT2D eigenvalue weighted by molar-refractivity contribution is -0.132. The van der Waals surface area contributed by atoms with Crippen LogP contribution < -0.4 is 10.2 Å². The molecule has 1 N–H and O–H groups in total. The zero-order valence-electron chi connectivity index (χ0n) is 15.7. The van der Waals surface area contributed by atoms with Crippen molar-refractivity contribution < 1.29 is 9.59 Å². The van der Waals surface area contributed by atoms with Crippen LogP contribution >= 0.6 is 0 Å². The van der Waals surface area contributed by atoms with Crippen LogP contribution in [0.25, 0.3) is 0 Å². The van der Waals surface area contributed by atoms with Crippen molar-refractivity contribution in [2.24, 2.45) is 0 Å². The number of carbonyl (C=O) groups is 2. The summed E-state index contributed by atoms with van der Waals surface area (Å²) >= 11 is 0. The number of hydrogen-bond donors (Lipinski definition) is 1. The standard InChI is InChI=1S/C21H27N3O2/c1-17(25)24(15-7-10-18-8-5-4-6-9-18)16-21(26)22-19-11-13-20(14-12-19)23(2)3/h4-6,8-9,11-14H,7,10,15-16H2,1-3H3,(H,22,26). The van der Waals surface area contributed by atoms with Crippen molar-refractivity contribution in [2.75, 3.05) is 37.4 Å². The molecule has 2 aromatic rings. The average Bonchev–Trinajstić information content (AvgIpc) is 2.62. The van der Waals surface area contributed by atoms with Crippen LogP contribution in [0.5, 0.6) is 0 Å². The SMILES string of the molecule is CC(=O)N(CCCc1ccccc1)CC(=O)Nc1ccc(N(C)C)cc1. The molecule has 0 spiro atoms. The van der Waals surface area contributed by atoms with Gasteiger partial charge in [-0.25, -0.2) is 0 Å². The largest absolute Gasteiger partial charge is 0.378 e. The molecule has 0 bridgehead atoms. The molecule has 138 valence electrons. The van der Waals surface area contributed by atoms with Gasteiger partial charge in [0.25, 0.3) is 0 Å². The predicted octanol–water partition coefficient (Wildman–Crippen LogP) is 3.17. The molecule has 0 aliphatic heterocycles. The van der Waals surface area contributed by atoms with Crippen LogP contribution in [0.1, 0.15) is 18.9 Å². The third-order valence-electron chi connectivity index (χ3n) is 4.18. The van der Waals surface area contributed by atoms with Crippen LogP contribution in [-0.2, 0) is 16.0 Å². The lowest BCUT2D eigenvalue weighted by Crippen LogP contribution is -2.37. The molecule has 0 aromatic heterocycles. The molecule has 0 aliphatic rings. The number of amides is 2. The van der Waals surface area contributed by atoms with E-state index in [2.05, 4.69) is 17.4 Å². The highest BCUT2D eigenvalue weighted by molar-refractivity contribution is 5.94. The van der Waals surface area contributed by atoms with Crippen molar-refractivity contribution >= 4 is 23.2 Å². The average molecular weight is 353 g/mol. The Kier molecular flexibility index (Phi) is 7.21. The fraction of sp³-hybridized carbons (Fsp3) is 0.333. The number of nitrogens with zero attached hydrogens (tertiary/aromatic N) is 2. The van der Waals surface area contributed by atoms with E-state index in [0.29, 0.717) is 6.54 Å². The maximum Gasteiger partial charge on any atom is 0.243 e. The summed E-state index contributed by atoms with van der Waals surface area (Å²) in [7, 11) is 3.93. The highest BCUT2D eigenvalue weighted by Gasteiger charge is 2.13. The Morgan fingerprint density at radius 3 is 2.19 bits per heavy atom. The summed E-state index contributed by atoms with van der Waals surface area (Å²) in [5, 5.41) is 2.85. The molecule has 2 aromatic carbocycles. The molecular weight excluding hydrogens is 326 g/mol. The smallest absolute Gasteiger partial charge is 0.243 e. The summed E-state index contributed by atoms with van der Waals surface area (Å²) in [6, 6.07) is 17.8. The minimum absolute atomic E-state index is 0.0690. The van der Waals surface area contributed by atoms with E-state index in [4.69, 9.17) is 0 Å². The Morgan fingerprint density at radius 1 is 0.962 bits per heavy atom. The fourth-order valence-corrected chi connectivity index (χ4v) is 2.68. The highest BCUT2D eigenvalue weighted by atomic mass is 16.2. The second kappa shape index (κ2) is 9.61. The van der Waals surface area contributed by atoms with Gasteiger partial charge in [-0.3, -0.25) is 9.59 Å². The third kappa shape index (κ3) is 6.24. The van der Waals surface area contributed by atoms with Crippen molar-refractivity contribution in [3.8, 4) is 0 Å². The topological polar surface area (TPSA) is 52.7 Å². The summed E-state index contributed by atoms with van der Waals surface area (Å²) in [4.78, 5) is 27.7. The maximum absolute atomic E-state index is 12.3. The molecule has 0 unspecified atom stereocenters. The van der Waals surface area contributed by atoms with Gasteiger partial charge in [0.05, 0.1) is 6.54 Å². The quantitative estimate of drug-likeness (QED) is 0.793. The van der Waals surface area contributed by atoms with Gasteiger partial charge >= 0.3 is 0 Å². The van der Waals surface area contributed by atoms with Gasteiger partial charge < -0.3 is 15.1 Å². The van der Waals surface area contributed by atoms with Crippen molar-refractivity contribution in [1.29, 1.82) is 0 Å². The number of hydrogen-bond acceptors (Lipinski definition) is 3. The molecule has 5 nitrogen and oxygen atoms in total. The number of carbonyl (C=O) groups excluding carboxylic acids is 2. The maximum atomic E-state index is 12.3. The van der Waals surface area contributed by atoms with E-state index in [0.717, 1.165) is 24.2 Å². The molecule has 0 heterocycles. The van der Waals surface area contributed by atoms with Crippen LogP contribution in [0, 0.1) is 0 Å². The van der Waals surface area contributed by atoms with Crippen molar-refractivity contribution in [3.63, 3.8) is 0 Å². The first-order valence-corrected chi connectivity index (χ1v) is 8.82. The number of aryl methyl sites for hydroxylation is 1. The first-order chi connectivity index (χ1) is 12.5. The van der Waals surface area contributed by atoms with E-state index >= 15 is 0 Å². The Balaban J connectivity index is 1.84. The second-order valence-corrected chi connectivity index (χ2v) is 6.52. The monoisotopic (exact) mass is 353 g/mol. The second-order valence-electron chi connectivity index (χ2n) is 6.52. The fourth-order valence-electron chi connectivity index (χ4n) is 2.68. The van der Waals surface area contributed by atoms with Crippen molar-refractivity contribution in [1.82, 2.24) is 4.90 Å². The first-order valence-electron chi connectivity index (χ1n) is 8.82. The van der Waals surface area contributed by atoms with Gasteiger partial charge in [0.15, 0.2) is 0 Å². The summed E-state index contributed by atoms with van der Waals surface area (Å²) in [5.74, 6) is -0.270. The minimum atomic E-state index is -0.183. The summed E-state index contributed by atoms with van der Waals surface area (Å²) in [5.41, 5.74) is 3.03. The van der Waals surface area contributed by atoms with Crippen molar-refractivity contribution in [2.45, 2.75) is 19.8 Å². The molecule has 5 heteroatoms. The molecule has 2 rings (SSSR count). The Morgan fingerprint density at radius 2 is 1.62 bits per heavy atom. The van der Waals surface area contributed by atoms with Crippen LogP contribution in [0.15, 0.2) is 54.6 Å². The molecule has 0 aliphatic carbocycles. The Labute approximate surface area is 155 Å². The van der Waals surface area contributed by atoms with Crippen LogP contribution in [-0.4, -0.2) is 43.9 Å². The van der Waals surface area contributed by atoms with E-state index in [1.54, 1.807) is 4.90 Å². The van der Waals surface area contributed by atoms with Gasteiger partial charge in [0, 0.05) is 38.9 Å². The Hall–Kier alpha value is -2.82. The van der Waals surface area contributed by atoms with Crippen molar-refractivity contribution in [3.05, 3.63) is 60.2 Å². The highest BCUT2D eigenvalue weighted by Crippen LogP contribution is 2.15. The molecule has 2 amide bonds. The van der Waals surface area contributed by atoms with Gasteiger partial charge in [0.1, 0.15) is 0 Å². The first kappa shape index (κ1) is 19.5. The lowest BCUT2D eigenvalue weighted by atomic mass is 10.1. The van der Waals surface area contributed by atoms with Gasteiger partial charge in [-0.1, -0.05) is 30.3 Å². The minimum Gasteiger partial charge on any atom is -0.378 e. The number of nitrogens with one attached hydrogen (secondary N) is 1. The molecule has 0 radical (unpaired) electrons. The molecule has 0 atom stereocenters. The van der Waals surface area contributed by atoms with Crippen LogP contribution in [0.2, 0.25) is 0 Å². The molecular formula is C21H27N3O2. The Bertz CT molecular complexity index is 712. The van der Waals surface area contributed by atoms with Gasteiger partial charge in [-0.15, -0.1) is 0 Å². The van der Waals surface area contributed by atoms with Crippen LogP contribution in [0.4, 0.5) is 11.4 Å². The van der Waals surface area contributed by atoms with E-state index in [1.807, 2.05) is 61.5 Å². The number of rotatable bonds is 8. The molecule has 0 saturated heterocycles. The number of anilines is 2. The zero-order chi connectivity index (χ0) is 18.9. The number of benzene rings is 2. The third-order valence-corrected chi connectivity index (χ3v) is 4.18. The van der Waals surface area contributed by atoms with E-state index in [-0.39, 0.29) is 18.4 Å². The van der Waals surface area contributed by atoms with Gasteiger partial charge in [0.2, 0.25) is 11.8 Å². The van der Waals surface area contributed by atoms with E-state index in [1.165, 1.54) is 12.5 Å².